The van der Waals surface area contributed by atoms with Crippen molar-refractivity contribution < 1.29 is 0 Å². The third-order valence-corrected chi connectivity index (χ3v) is 21.8. The van der Waals surface area contributed by atoms with E-state index < -0.39 is 0 Å². The molecule has 0 atom stereocenters. The van der Waals surface area contributed by atoms with Gasteiger partial charge in [0.25, 0.3) is 6.71 Å². The summed E-state index contributed by atoms with van der Waals surface area (Å²) in [6.45, 7) is 34.5. The van der Waals surface area contributed by atoms with E-state index in [0.717, 1.165) is 37.8 Å². The number of thiophene rings is 1. The third-order valence-electron chi connectivity index (χ3n) is 20.7. The van der Waals surface area contributed by atoms with Crippen LogP contribution >= 0.6 is 11.3 Å². The molecule has 0 bridgehead atoms. The molecule has 0 unspecified atom stereocenters. The van der Waals surface area contributed by atoms with Crippen LogP contribution in [0.2, 0.25) is 0 Å². The average Bonchev–Trinajstić information content (AvgIpc) is 2.32. The lowest BCUT2D eigenvalue weighted by Crippen LogP contribution is -2.62. The fourth-order valence-electron chi connectivity index (χ4n) is 15.5. The summed E-state index contributed by atoms with van der Waals surface area (Å²) in [5.74, 6) is 0. The molecule has 0 saturated carbocycles. The number of anilines is 9. The van der Waals surface area contributed by atoms with E-state index in [-0.39, 0.29) is 39.2 Å². The number of para-hydroxylation sites is 2. The molecule has 1 aromatic heterocycles. The molecule has 398 valence electrons. The Morgan fingerprint density at radius 3 is 1.38 bits per heavy atom. The molecule has 14 rings (SSSR count). The predicted octanol–water partition coefficient (Wildman–Crippen LogP) is 19.3. The van der Waals surface area contributed by atoms with E-state index in [4.69, 9.17) is 0 Å². The first kappa shape index (κ1) is 50.6. The number of benzene rings is 8. The Morgan fingerprint density at radius 2 is 0.835 bits per heavy atom. The lowest BCUT2D eigenvalue weighted by Gasteiger charge is -2.49. The van der Waals surface area contributed by atoms with Gasteiger partial charge in [-0.3, -0.25) is 0 Å². The molecule has 3 aliphatic carbocycles. The Kier molecular flexibility index (Phi) is 10.9. The average molecular weight is 1050 g/mol. The van der Waals surface area contributed by atoms with Crippen molar-refractivity contribution in [2.24, 2.45) is 0 Å². The molecular weight excluding hydrogens is 974 g/mol. The molecule has 3 heterocycles. The minimum atomic E-state index is -0.0365. The first-order chi connectivity index (χ1) is 37.5. The van der Waals surface area contributed by atoms with Crippen LogP contribution in [0.25, 0.3) is 20.2 Å². The molecule has 0 spiro atoms. The zero-order valence-corrected chi connectivity index (χ0v) is 50.2. The molecule has 0 N–H and O–H groups in total. The van der Waals surface area contributed by atoms with Crippen LogP contribution in [-0.2, 0) is 32.5 Å². The van der Waals surface area contributed by atoms with Gasteiger partial charge in [0, 0.05) is 60.0 Å². The van der Waals surface area contributed by atoms with E-state index in [9.17, 15) is 0 Å². The van der Waals surface area contributed by atoms with Crippen molar-refractivity contribution in [1.82, 2.24) is 0 Å². The molecule has 3 nitrogen and oxygen atoms in total. The van der Waals surface area contributed by atoms with Crippen molar-refractivity contribution in [2.45, 2.75) is 168 Å². The van der Waals surface area contributed by atoms with Crippen molar-refractivity contribution in [3.63, 3.8) is 0 Å². The highest BCUT2D eigenvalue weighted by atomic mass is 32.1. The minimum absolute atomic E-state index is 0.00284. The van der Waals surface area contributed by atoms with Gasteiger partial charge in [-0.1, -0.05) is 162 Å². The highest BCUT2D eigenvalue weighted by Crippen LogP contribution is 2.57. The van der Waals surface area contributed by atoms with Gasteiger partial charge >= 0.3 is 0 Å². The normalized spacial score (nSPS) is 19.2. The van der Waals surface area contributed by atoms with E-state index >= 15 is 0 Å². The number of hydrogen-bond acceptors (Lipinski definition) is 4. The second-order valence-electron chi connectivity index (χ2n) is 28.6. The lowest BCUT2D eigenvalue weighted by molar-refractivity contribution is 0.332. The van der Waals surface area contributed by atoms with Crippen LogP contribution in [0.15, 0.2) is 146 Å². The summed E-state index contributed by atoms with van der Waals surface area (Å²) in [4.78, 5) is 8.09. The molecule has 0 saturated heterocycles. The molecule has 79 heavy (non-hydrogen) atoms. The van der Waals surface area contributed by atoms with E-state index in [2.05, 4.69) is 257 Å². The van der Waals surface area contributed by atoms with Crippen LogP contribution in [0.3, 0.4) is 0 Å². The molecule has 0 fully saturated rings. The highest BCUT2D eigenvalue weighted by Gasteiger charge is 2.50. The van der Waals surface area contributed by atoms with Gasteiger partial charge in [-0.15, -0.1) is 11.3 Å². The molecule has 0 radical (unpaired) electrons. The van der Waals surface area contributed by atoms with Crippen LogP contribution < -0.4 is 31.1 Å². The Bertz CT molecular complexity index is 4000. The summed E-state index contributed by atoms with van der Waals surface area (Å²) in [7, 11) is 0. The monoisotopic (exact) mass is 1050 g/mol. The van der Waals surface area contributed by atoms with E-state index in [1.807, 2.05) is 11.3 Å². The molecule has 5 aliphatic rings. The van der Waals surface area contributed by atoms with Crippen molar-refractivity contribution in [3.05, 3.63) is 190 Å². The number of nitrogens with zero attached hydrogens (tertiary/aromatic N) is 3. The predicted molar refractivity (Wildman–Crippen MR) is 343 cm³/mol. The number of aryl methyl sites for hydroxylation is 2. The van der Waals surface area contributed by atoms with Gasteiger partial charge in [0.2, 0.25) is 0 Å². The van der Waals surface area contributed by atoms with Crippen molar-refractivity contribution in [3.8, 4) is 0 Å². The Balaban J connectivity index is 1.19. The molecule has 8 aromatic carbocycles. The maximum atomic E-state index is 2.76. The Morgan fingerprint density at radius 1 is 0.392 bits per heavy atom. The SMILES string of the molecule is Cc1ccccc1N(c1cc2c3c(c1)N(c1cccc4sc5ccccc5c14)c1cc4c(cc1B3c1cc3c(cc1N2c1ccc2c(c1)C(C)(C)CCC2(C)C)C(C)(C)CCC3(C)C)C(C)(C)CCC4(C)C)c1ccccc1C. The quantitative estimate of drug-likeness (QED) is 0.159. The molecule has 2 aliphatic heterocycles. The Labute approximate surface area is 475 Å². The largest absolute Gasteiger partial charge is 0.311 e. The van der Waals surface area contributed by atoms with Crippen LogP contribution in [0.5, 0.6) is 0 Å². The van der Waals surface area contributed by atoms with Crippen LogP contribution in [0.4, 0.5) is 51.2 Å². The summed E-state index contributed by atoms with van der Waals surface area (Å²) in [6, 6.07) is 57.9. The number of hydrogen-bond donors (Lipinski definition) is 0. The second-order valence-corrected chi connectivity index (χ2v) is 29.7. The summed E-state index contributed by atoms with van der Waals surface area (Å²) < 4.78 is 2.64. The standard InChI is InChI=1S/C74H78BN3S/c1-45-22-15-18-25-58(45)77(59-26-19-16-23-46(59)2)48-39-63-68-64(40-48)78(60-27-21-29-66-67(60)49-24-17-20-28-65(49)79-66)62-44-55-53(72(9,10)35-37-74(55,13)14)42-57(62)75(68)56-41-52-54(73(11,12)36-34-71(52,7)8)43-61(56)76(63)47-30-31-50-51(38-47)70(5,6)33-32-69(50,3)4/h15-31,38-44H,32-37H2,1-14H3. The van der Waals surface area contributed by atoms with Crippen LogP contribution in [0.1, 0.15) is 166 Å². The smallest absolute Gasteiger partial charge is 0.252 e. The summed E-state index contributed by atoms with van der Waals surface area (Å²) in [5.41, 5.74) is 26.9. The zero-order chi connectivity index (χ0) is 55.1. The fraction of sp³-hybridized carbons (Fsp3) is 0.351. The van der Waals surface area contributed by atoms with Crippen molar-refractivity contribution in [1.29, 1.82) is 0 Å². The van der Waals surface area contributed by atoms with Gasteiger partial charge in [0.05, 0.1) is 11.4 Å². The maximum Gasteiger partial charge on any atom is 0.252 e. The fourth-order valence-corrected chi connectivity index (χ4v) is 16.6. The van der Waals surface area contributed by atoms with Crippen LogP contribution in [-0.4, -0.2) is 6.71 Å². The van der Waals surface area contributed by atoms with Gasteiger partial charge in [-0.05, 0) is 212 Å². The molecule has 0 amide bonds. The van der Waals surface area contributed by atoms with E-state index in [0.29, 0.717) is 0 Å². The number of fused-ring (bicyclic) bond motifs is 10. The summed E-state index contributed by atoms with van der Waals surface area (Å²) in [6.07, 6.45) is 6.96. The first-order valence-electron chi connectivity index (χ1n) is 29.6. The highest BCUT2D eigenvalue weighted by molar-refractivity contribution is 7.26. The minimum Gasteiger partial charge on any atom is -0.311 e. The number of rotatable bonds is 5. The summed E-state index contributed by atoms with van der Waals surface area (Å²) in [5, 5.41) is 2.64. The topological polar surface area (TPSA) is 9.72 Å². The van der Waals surface area contributed by atoms with Gasteiger partial charge in [-0.25, -0.2) is 0 Å². The lowest BCUT2D eigenvalue weighted by atomic mass is 9.32. The van der Waals surface area contributed by atoms with Gasteiger partial charge in [-0.2, -0.15) is 0 Å². The third kappa shape index (κ3) is 7.49. The van der Waals surface area contributed by atoms with E-state index in [1.54, 1.807) is 0 Å². The van der Waals surface area contributed by atoms with Crippen molar-refractivity contribution >= 4 is 106 Å². The Hall–Kier alpha value is -6.56. The summed E-state index contributed by atoms with van der Waals surface area (Å²) >= 11 is 1.92. The molecular formula is C74H78BN3S. The van der Waals surface area contributed by atoms with Crippen LogP contribution in [0, 0.1) is 13.8 Å². The van der Waals surface area contributed by atoms with Gasteiger partial charge < -0.3 is 14.7 Å². The van der Waals surface area contributed by atoms with Gasteiger partial charge in [0.1, 0.15) is 0 Å². The van der Waals surface area contributed by atoms with Gasteiger partial charge in [0.15, 0.2) is 0 Å². The molecule has 9 aromatic rings. The molecule has 5 heteroatoms. The first-order valence-corrected chi connectivity index (χ1v) is 30.4. The zero-order valence-electron chi connectivity index (χ0n) is 49.4. The van der Waals surface area contributed by atoms with Crippen molar-refractivity contribution in [2.75, 3.05) is 14.7 Å². The van der Waals surface area contributed by atoms with E-state index in [1.165, 1.54) is 133 Å². The second kappa shape index (κ2) is 17.0. The maximum absolute atomic E-state index is 2.76.